The van der Waals surface area contributed by atoms with Crippen LogP contribution in [-0.2, 0) is 6.54 Å². The predicted molar refractivity (Wildman–Crippen MR) is 133 cm³/mol. The first kappa shape index (κ1) is 25.1. The minimum atomic E-state index is 0. The fourth-order valence-corrected chi connectivity index (χ4v) is 3.91. The van der Waals surface area contributed by atoms with E-state index in [1.807, 2.05) is 30.9 Å². The van der Waals surface area contributed by atoms with Gasteiger partial charge in [0.05, 0.1) is 40.2 Å². The van der Waals surface area contributed by atoms with Crippen LogP contribution in [0.15, 0.2) is 35.8 Å². The van der Waals surface area contributed by atoms with Crippen molar-refractivity contribution < 1.29 is 14.2 Å². The Bertz CT molecular complexity index is 819. The lowest BCUT2D eigenvalue weighted by Gasteiger charge is -2.39. The highest BCUT2D eigenvalue weighted by atomic mass is 127. The van der Waals surface area contributed by atoms with Crippen LogP contribution in [-0.4, -0.2) is 61.4 Å². The molecule has 2 heterocycles. The maximum atomic E-state index is 5.47. The Labute approximate surface area is 202 Å². The third kappa shape index (κ3) is 5.96. The first-order valence-electron chi connectivity index (χ1n) is 10.4. The smallest absolute Gasteiger partial charge is 0.203 e. The van der Waals surface area contributed by atoms with E-state index in [-0.39, 0.29) is 24.0 Å². The lowest BCUT2D eigenvalue weighted by atomic mass is 9.93. The van der Waals surface area contributed by atoms with Crippen LogP contribution in [0.2, 0.25) is 0 Å². The van der Waals surface area contributed by atoms with Gasteiger partial charge in [0.2, 0.25) is 5.75 Å². The fraction of sp³-hybridized carbons (Fsp3) is 0.545. The summed E-state index contributed by atoms with van der Waals surface area (Å²) < 4.78 is 18.6. The van der Waals surface area contributed by atoms with Crippen molar-refractivity contribution in [3.8, 4) is 17.2 Å². The SMILES string of the molecule is CCNC(=NCc1cc(OC)c(OC)c(OC)c1)N1CCC(C)C(n2ccnc2)C1.I. The van der Waals surface area contributed by atoms with E-state index in [0.29, 0.717) is 35.8 Å². The highest BCUT2D eigenvalue weighted by molar-refractivity contribution is 14.0. The Morgan fingerprint density at radius 3 is 2.45 bits per heavy atom. The van der Waals surface area contributed by atoms with Crippen molar-refractivity contribution >= 4 is 29.9 Å². The first-order valence-corrected chi connectivity index (χ1v) is 10.4. The number of hydrogen-bond donors (Lipinski definition) is 1. The van der Waals surface area contributed by atoms with E-state index < -0.39 is 0 Å². The molecule has 1 aromatic heterocycles. The van der Waals surface area contributed by atoms with Gasteiger partial charge in [0, 0.05) is 32.0 Å². The Hall–Kier alpha value is -2.17. The number of guanidine groups is 1. The van der Waals surface area contributed by atoms with E-state index in [1.54, 1.807) is 21.3 Å². The Balaban J connectivity index is 0.00000341. The summed E-state index contributed by atoms with van der Waals surface area (Å²) in [7, 11) is 4.86. The minimum absolute atomic E-state index is 0. The van der Waals surface area contributed by atoms with Crippen molar-refractivity contribution in [3.05, 3.63) is 36.4 Å². The topological polar surface area (TPSA) is 73.1 Å². The Morgan fingerprint density at radius 1 is 1.19 bits per heavy atom. The summed E-state index contributed by atoms with van der Waals surface area (Å²) in [4.78, 5) is 11.5. The predicted octanol–water partition coefficient (Wildman–Crippen LogP) is 3.58. The molecule has 3 rings (SSSR count). The van der Waals surface area contributed by atoms with Crippen molar-refractivity contribution in [3.63, 3.8) is 0 Å². The van der Waals surface area contributed by atoms with Crippen molar-refractivity contribution in [2.75, 3.05) is 41.0 Å². The number of nitrogens with zero attached hydrogens (tertiary/aromatic N) is 4. The molecule has 0 amide bonds. The maximum Gasteiger partial charge on any atom is 0.203 e. The third-order valence-electron chi connectivity index (χ3n) is 5.60. The number of benzene rings is 1. The molecule has 31 heavy (non-hydrogen) atoms. The number of ether oxygens (including phenoxy) is 3. The van der Waals surface area contributed by atoms with Gasteiger partial charge in [-0.1, -0.05) is 6.92 Å². The van der Waals surface area contributed by atoms with E-state index in [1.165, 1.54) is 0 Å². The second-order valence-corrected chi connectivity index (χ2v) is 7.49. The standard InChI is InChI=1S/C22H33N5O3.HI/c1-6-24-22(26-9-7-16(2)18(14-26)27-10-8-23-15-27)25-13-17-11-19(28-3)21(30-5)20(12-17)29-4;/h8,10-12,15-16,18H,6-7,9,13-14H2,1-5H3,(H,24,25);1H. The highest BCUT2D eigenvalue weighted by Gasteiger charge is 2.29. The molecule has 2 atom stereocenters. The highest BCUT2D eigenvalue weighted by Crippen LogP contribution is 2.38. The lowest BCUT2D eigenvalue weighted by molar-refractivity contribution is 0.189. The number of halogens is 1. The molecule has 1 aliphatic rings. The van der Waals surface area contributed by atoms with E-state index in [4.69, 9.17) is 19.2 Å². The van der Waals surface area contributed by atoms with Gasteiger partial charge >= 0.3 is 0 Å². The van der Waals surface area contributed by atoms with Crippen LogP contribution in [0.4, 0.5) is 0 Å². The van der Waals surface area contributed by atoms with Crippen LogP contribution in [0, 0.1) is 5.92 Å². The molecule has 1 aromatic carbocycles. The summed E-state index contributed by atoms with van der Waals surface area (Å²) in [6, 6.07) is 4.27. The van der Waals surface area contributed by atoms with Gasteiger partial charge < -0.3 is 29.0 Å². The van der Waals surface area contributed by atoms with Crippen molar-refractivity contribution in [1.82, 2.24) is 19.8 Å². The number of piperidine rings is 1. The molecule has 0 spiro atoms. The molecule has 1 fully saturated rings. The second-order valence-electron chi connectivity index (χ2n) is 7.49. The number of rotatable bonds is 7. The van der Waals surface area contributed by atoms with Gasteiger partial charge in [0.25, 0.3) is 0 Å². The monoisotopic (exact) mass is 543 g/mol. The molecular formula is C22H34IN5O3. The summed E-state index contributed by atoms with van der Waals surface area (Å²) in [5, 5.41) is 3.45. The number of aromatic nitrogens is 2. The van der Waals surface area contributed by atoms with Gasteiger partial charge in [-0.05, 0) is 37.0 Å². The number of hydrogen-bond acceptors (Lipinski definition) is 5. The quantitative estimate of drug-likeness (QED) is 0.327. The van der Waals surface area contributed by atoms with Gasteiger partial charge in [-0.2, -0.15) is 0 Å². The van der Waals surface area contributed by atoms with Crippen molar-refractivity contribution in [2.45, 2.75) is 32.9 Å². The summed E-state index contributed by atoms with van der Waals surface area (Å²) >= 11 is 0. The Kier molecular flexibility index (Phi) is 9.73. The third-order valence-corrected chi connectivity index (χ3v) is 5.60. The molecule has 1 aliphatic heterocycles. The van der Waals surface area contributed by atoms with Gasteiger partial charge in [-0.3, -0.25) is 0 Å². The van der Waals surface area contributed by atoms with Crippen molar-refractivity contribution in [1.29, 1.82) is 0 Å². The normalized spacial score (nSPS) is 18.9. The fourth-order valence-electron chi connectivity index (χ4n) is 3.91. The van der Waals surface area contributed by atoms with E-state index in [2.05, 4.69) is 33.6 Å². The molecule has 0 aliphatic carbocycles. The van der Waals surface area contributed by atoms with Crippen LogP contribution in [0.25, 0.3) is 0 Å². The minimum Gasteiger partial charge on any atom is -0.493 e. The molecule has 1 N–H and O–H groups in total. The average molecular weight is 543 g/mol. The van der Waals surface area contributed by atoms with Crippen LogP contribution in [0.3, 0.4) is 0 Å². The molecule has 0 bridgehead atoms. The average Bonchev–Trinajstić information content (AvgIpc) is 3.31. The Morgan fingerprint density at radius 2 is 1.90 bits per heavy atom. The summed E-state index contributed by atoms with van der Waals surface area (Å²) in [6.45, 7) is 7.61. The zero-order valence-corrected chi connectivity index (χ0v) is 21.3. The summed E-state index contributed by atoms with van der Waals surface area (Å²) in [5.41, 5.74) is 0.997. The maximum absolute atomic E-state index is 5.47. The van der Waals surface area contributed by atoms with E-state index in [0.717, 1.165) is 37.6 Å². The van der Waals surface area contributed by atoms with Gasteiger partial charge in [0.15, 0.2) is 17.5 Å². The molecule has 1 saturated heterocycles. The van der Waals surface area contributed by atoms with Crippen LogP contribution < -0.4 is 19.5 Å². The van der Waals surface area contributed by atoms with Gasteiger partial charge in [0.1, 0.15) is 0 Å². The van der Waals surface area contributed by atoms with Crippen LogP contribution in [0.5, 0.6) is 17.2 Å². The number of methoxy groups -OCH3 is 3. The number of aliphatic imine (C=N–C) groups is 1. The summed E-state index contributed by atoms with van der Waals surface area (Å²) in [6.07, 6.45) is 6.90. The van der Waals surface area contributed by atoms with Gasteiger partial charge in [-0.25, -0.2) is 9.98 Å². The number of likely N-dealkylation sites (tertiary alicyclic amines) is 1. The molecule has 9 heteroatoms. The summed E-state index contributed by atoms with van der Waals surface area (Å²) in [5.74, 6) is 3.38. The molecule has 8 nitrogen and oxygen atoms in total. The van der Waals surface area contributed by atoms with Crippen LogP contribution >= 0.6 is 24.0 Å². The second kappa shape index (κ2) is 12.0. The number of nitrogens with one attached hydrogen (secondary N) is 1. The van der Waals surface area contributed by atoms with Crippen LogP contribution in [0.1, 0.15) is 31.9 Å². The zero-order chi connectivity index (χ0) is 21.5. The molecule has 172 valence electrons. The van der Waals surface area contributed by atoms with Gasteiger partial charge in [-0.15, -0.1) is 24.0 Å². The van der Waals surface area contributed by atoms with Crippen molar-refractivity contribution in [2.24, 2.45) is 10.9 Å². The molecule has 0 radical (unpaired) electrons. The lowest BCUT2D eigenvalue weighted by Crippen LogP contribution is -2.49. The molecular weight excluding hydrogens is 509 g/mol. The molecule has 0 saturated carbocycles. The van der Waals surface area contributed by atoms with E-state index >= 15 is 0 Å². The number of imidazole rings is 1. The van der Waals surface area contributed by atoms with E-state index in [9.17, 15) is 0 Å². The molecule has 2 unspecified atom stereocenters. The largest absolute Gasteiger partial charge is 0.493 e. The first-order chi connectivity index (χ1) is 14.6. The zero-order valence-electron chi connectivity index (χ0n) is 19.0. The molecule has 2 aromatic rings.